The van der Waals surface area contributed by atoms with Crippen molar-refractivity contribution in [2.24, 2.45) is 0 Å². The zero-order chi connectivity index (χ0) is 20.5. The number of nitrogens with one attached hydrogen (secondary N) is 1. The lowest BCUT2D eigenvalue weighted by Gasteiger charge is -2.21. The molecule has 4 heteroatoms. The van der Waals surface area contributed by atoms with Gasteiger partial charge in [-0.25, -0.2) is 0 Å². The van der Waals surface area contributed by atoms with Crippen LogP contribution in [0.5, 0.6) is 5.75 Å². The molecule has 2 aromatic carbocycles. The molecule has 0 saturated heterocycles. The Bertz CT molecular complexity index is 880. The van der Waals surface area contributed by atoms with Crippen LogP contribution in [0.4, 0.5) is 0 Å². The molecule has 29 heavy (non-hydrogen) atoms. The number of nitrogens with zero attached hydrogens (tertiary/aromatic N) is 2. The normalized spacial score (nSPS) is 11.2. The zero-order valence-electron chi connectivity index (χ0n) is 17.6. The maximum atomic E-state index is 6.00. The first-order valence-electron chi connectivity index (χ1n) is 10.2. The average Bonchev–Trinajstić information content (AvgIpc) is 2.74. The minimum atomic E-state index is 0.475. The van der Waals surface area contributed by atoms with Crippen molar-refractivity contribution in [1.82, 2.24) is 15.2 Å². The number of benzene rings is 2. The quantitative estimate of drug-likeness (QED) is 0.541. The van der Waals surface area contributed by atoms with Gasteiger partial charge in [-0.1, -0.05) is 48.5 Å². The van der Waals surface area contributed by atoms with E-state index in [1.165, 1.54) is 11.1 Å². The van der Waals surface area contributed by atoms with Gasteiger partial charge >= 0.3 is 0 Å². The predicted molar refractivity (Wildman–Crippen MR) is 119 cm³/mol. The van der Waals surface area contributed by atoms with Crippen molar-refractivity contribution in [2.75, 3.05) is 7.05 Å². The maximum absolute atomic E-state index is 6.00. The number of hydrogen-bond donors (Lipinski definition) is 1. The van der Waals surface area contributed by atoms with E-state index in [1.54, 1.807) is 6.20 Å². The lowest BCUT2D eigenvalue weighted by atomic mass is 10.1. The van der Waals surface area contributed by atoms with Crippen molar-refractivity contribution in [3.63, 3.8) is 0 Å². The SMILES string of the molecule is CC(C)N(C)Cc1cccc(CNCc2ccccc2OCc2ccccn2)c1. The summed E-state index contributed by atoms with van der Waals surface area (Å²) in [5.74, 6) is 0.901. The van der Waals surface area contributed by atoms with Gasteiger partial charge in [0.1, 0.15) is 12.4 Å². The van der Waals surface area contributed by atoms with Crippen LogP contribution in [0.15, 0.2) is 72.9 Å². The van der Waals surface area contributed by atoms with E-state index in [4.69, 9.17) is 4.74 Å². The molecule has 3 aromatic rings. The Balaban J connectivity index is 1.54. The molecule has 0 aliphatic rings. The van der Waals surface area contributed by atoms with Crippen LogP contribution in [0.3, 0.4) is 0 Å². The minimum absolute atomic E-state index is 0.475. The van der Waals surface area contributed by atoms with Gasteiger partial charge in [-0.3, -0.25) is 9.88 Å². The second-order valence-electron chi connectivity index (χ2n) is 7.65. The molecule has 0 unspecified atom stereocenters. The molecular formula is C25H31N3O. The molecule has 0 bridgehead atoms. The van der Waals surface area contributed by atoms with Crippen molar-refractivity contribution in [2.45, 2.75) is 46.1 Å². The van der Waals surface area contributed by atoms with Gasteiger partial charge in [0.05, 0.1) is 5.69 Å². The van der Waals surface area contributed by atoms with Gasteiger partial charge in [0.15, 0.2) is 0 Å². The molecule has 152 valence electrons. The van der Waals surface area contributed by atoms with Gasteiger partial charge in [0.2, 0.25) is 0 Å². The molecule has 3 rings (SSSR count). The van der Waals surface area contributed by atoms with Gasteiger partial charge in [0.25, 0.3) is 0 Å². The molecular weight excluding hydrogens is 358 g/mol. The van der Waals surface area contributed by atoms with Crippen molar-refractivity contribution in [3.05, 3.63) is 95.3 Å². The standard InChI is InChI=1S/C25H31N3O/c1-20(2)28(3)18-22-10-8-9-21(15-22)16-26-17-23-11-4-5-13-25(23)29-19-24-12-6-7-14-27-24/h4-15,20,26H,16-19H2,1-3H3. The highest BCUT2D eigenvalue weighted by atomic mass is 16.5. The molecule has 4 nitrogen and oxygen atoms in total. The van der Waals surface area contributed by atoms with Crippen LogP contribution in [0.1, 0.15) is 36.2 Å². The molecule has 0 amide bonds. The third-order valence-corrected chi connectivity index (χ3v) is 5.02. The topological polar surface area (TPSA) is 37.4 Å². The molecule has 0 fully saturated rings. The monoisotopic (exact) mass is 389 g/mol. The summed E-state index contributed by atoms with van der Waals surface area (Å²) in [5.41, 5.74) is 4.73. The van der Waals surface area contributed by atoms with Crippen LogP contribution in [-0.4, -0.2) is 23.0 Å². The minimum Gasteiger partial charge on any atom is -0.487 e. The van der Waals surface area contributed by atoms with Crippen LogP contribution >= 0.6 is 0 Å². The van der Waals surface area contributed by atoms with E-state index in [0.717, 1.165) is 36.6 Å². The highest BCUT2D eigenvalue weighted by Crippen LogP contribution is 2.19. The molecule has 0 saturated carbocycles. The maximum Gasteiger partial charge on any atom is 0.130 e. The third-order valence-electron chi connectivity index (χ3n) is 5.02. The summed E-state index contributed by atoms with van der Waals surface area (Å²) in [5, 5.41) is 3.55. The van der Waals surface area contributed by atoms with Crippen LogP contribution in [0.2, 0.25) is 0 Å². The fraction of sp³-hybridized carbons (Fsp3) is 0.320. The smallest absolute Gasteiger partial charge is 0.130 e. The third kappa shape index (κ3) is 6.70. The molecule has 0 aliphatic heterocycles. The molecule has 1 heterocycles. The van der Waals surface area contributed by atoms with E-state index in [0.29, 0.717) is 12.6 Å². The number of aromatic nitrogens is 1. The van der Waals surface area contributed by atoms with E-state index >= 15 is 0 Å². The van der Waals surface area contributed by atoms with Gasteiger partial charge in [-0.2, -0.15) is 0 Å². The number of rotatable bonds is 10. The Morgan fingerprint density at radius 2 is 1.72 bits per heavy atom. The van der Waals surface area contributed by atoms with E-state index < -0.39 is 0 Å². The second-order valence-corrected chi connectivity index (χ2v) is 7.65. The lowest BCUT2D eigenvalue weighted by Crippen LogP contribution is -2.25. The Hall–Kier alpha value is -2.69. The fourth-order valence-corrected chi connectivity index (χ4v) is 3.08. The van der Waals surface area contributed by atoms with Gasteiger partial charge < -0.3 is 10.1 Å². The summed E-state index contributed by atoms with van der Waals surface area (Å²) in [6, 6.07) is 23.4. The molecule has 0 aliphatic carbocycles. The van der Waals surface area contributed by atoms with Gasteiger partial charge in [0, 0.05) is 37.4 Å². The van der Waals surface area contributed by atoms with E-state index in [2.05, 4.69) is 66.4 Å². The van der Waals surface area contributed by atoms with E-state index in [-0.39, 0.29) is 0 Å². The first-order chi connectivity index (χ1) is 14.1. The number of ether oxygens (including phenoxy) is 1. The zero-order valence-corrected chi connectivity index (χ0v) is 17.6. The molecule has 1 N–H and O–H groups in total. The highest BCUT2D eigenvalue weighted by molar-refractivity contribution is 5.33. The first kappa shape index (κ1) is 21.0. The summed E-state index contributed by atoms with van der Waals surface area (Å²) in [6.45, 7) is 7.47. The van der Waals surface area contributed by atoms with Crippen molar-refractivity contribution in [3.8, 4) is 5.75 Å². The largest absolute Gasteiger partial charge is 0.487 e. The van der Waals surface area contributed by atoms with E-state index in [1.807, 2.05) is 36.4 Å². The number of hydrogen-bond acceptors (Lipinski definition) is 4. The first-order valence-corrected chi connectivity index (χ1v) is 10.2. The van der Waals surface area contributed by atoms with Crippen LogP contribution in [0.25, 0.3) is 0 Å². The Morgan fingerprint density at radius 3 is 2.52 bits per heavy atom. The fourth-order valence-electron chi connectivity index (χ4n) is 3.08. The summed E-state index contributed by atoms with van der Waals surface area (Å²) >= 11 is 0. The molecule has 0 spiro atoms. The highest BCUT2D eigenvalue weighted by Gasteiger charge is 2.06. The van der Waals surface area contributed by atoms with Crippen LogP contribution < -0.4 is 10.1 Å². The average molecular weight is 390 g/mol. The van der Waals surface area contributed by atoms with Crippen molar-refractivity contribution in [1.29, 1.82) is 0 Å². The Kier molecular flexibility index (Phi) is 7.79. The van der Waals surface area contributed by atoms with Crippen molar-refractivity contribution < 1.29 is 4.74 Å². The van der Waals surface area contributed by atoms with Gasteiger partial charge in [-0.05, 0) is 50.2 Å². The van der Waals surface area contributed by atoms with Crippen LogP contribution in [-0.2, 0) is 26.2 Å². The Labute approximate surface area is 174 Å². The molecule has 1 aromatic heterocycles. The van der Waals surface area contributed by atoms with E-state index in [9.17, 15) is 0 Å². The number of para-hydroxylation sites is 1. The van der Waals surface area contributed by atoms with Crippen LogP contribution in [0, 0.1) is 0 Å². The van der Waals surface area contributed by atoms with Crippen molar-refractivity contribution >= 4 is 0 Å². The predicted octanol–water partition coefficient (Wildman–Crippen LogP) is 4.79. The second kappa shape index (κ2) is 10.7. The Morgan fingerprint density at radius 1 is 0.931 bits per heavy atom. The summed E-state index contributed by atoms with van der Waals surface area (Å²) in [4.78, 5) is 6.67. The molecule has 0 radical (unpaired) electrons. The van der Waals surface area contributed by atoms with Gasteiger partial charge in [-0.15, -0.1) is 0 Å². The summed E-state index contributed by atoms with van der Waals surface area (Å²) in [7, 11) is 2.16. The lowest BCUT2D eigenvalue weighted by molar-refractivity contribution is 0.266. The summed E-state index contributed by atoms with van der Waals surface area (Å²) in [6.07, 6.45) is 1.79. The summed E-state index contributed by atoms with van der Waals surface area (Å²) < 4.78 is 6.00. The molecule has 0 atom stereocenters. The number of pyridine rings is 1.